The van der Waals surface area contributed by atoms with Gasteiger partial charge in [-0.05, 0) is 31.6 Å². The van der Waals surface area contributed by atoms with Crippen LogP contribution in [0.2, 0.25) is 0 Å². The van der Waals surface area contributed by atoms with E-state index in [9.17, 15) is 18.4 Å². The Morgan fingerprint density at radius 3 is 2.74 bits per heavy atom. The molecule has 0 saturated carbocycles. The van der Waals surface area contributed by atoms with Gasteiger partial charge < -0.3 is 15.3 Å². The summed E-state index contributed by atoms with van der Waals surface area (Å²) in [6.45, 7) is 9.73. The first kappa shape index (κ1) is 19.5. The quantitative estimate of drug-likeness (QED) is 0.461. The van der Waals surface area contributed by atoms with E-state index in [0.29, 0.717) is 4.74 Å². The van der Waals surface area contributed by atoms with E-state index in [1.807, 2.05) is 0 Å². The zero-order chi connectivity index (χ0) is 20.0. The molecule has 5 nitrogen and oxygen atoms in total. The van der Waals surface area contributed by atoms with Crippen molar-refractivity contribution in [3.05, 3.63) is 51.5 Å². The van der Waals surface area contributed by atoms with E-state index in [1.54, 1.807) is 13.8 Å². The molecular weight excluding hydrogens is 383 g/mol. The summed E-state index contributed by atoms with van der Waals surface area (Å²) in [5.74, 6) is -1.33. The van der Waals surface area contributed by atoms with Gasteiger partial charge in [0, 0.05) is 5.69 Å². The van der Waals surface area contributed by atoms with Crippen molar-refractivity contribution in [1.82, 2.24) is 0 Å². The lowest BCUT2D eigenvalue weighted by molar-refractivity contribution is -0.505. The average Bonchev–Trinajstić information content (AvgIpc) is 2.57. The highest BCUT2D eigenvalue weighted by Gasteiger charge is 2.66. The number of hydroxylamine groups is 1. The molecule has 3 unspecified atom stereocenters. The van der Waals surface area contributed by atoms with Crippen LogP contribution in [0.5, 0.6) is 0 Å². The van der Waals surface area contributed by atoms with Gasteiger partial charge in [-0.15, -0.1) is 0 Å². The van der Waals surface area contributed by atoms with Gasteiger partial charge in [0.25, 0.3) is 0 Å². The van der Waals surface area contributed by atoms with Gasteiger partial charge in [0.15, 0.2) is 11.9 Å². The highest BCUT2D eigenvalue weighted by atomic mass is 35.5. The zero-order valence-corrected chi connectivity index (χ0v) is 15.3. The largest absolute Gasteiger partial charge is 0.622 e. The summed E-state index contributed by atoms with van der Waals surface area (Å²) >= 11 is 5.94. The first-order valence-electron chi connectivity index (χ1n) is 8.24. The number of hydrogen-bond acceptors (Lipinski definition) is 3. The lowest BCUT2D eigenvalue weighted by Gasteiger charge is -2.48. The second-order valence-corrected chi connectivity index (χ2v) is 7.26. The molecule has 0 bridgehead atoms. The van der Waals surface area contributed by atoms with E-state index in [4.69, 9.17) is 22.9 Å². The fraction of sp³-hybridized carbons (Fsp3) is 0.444. The Bertz CT molecular complexity index is 860. The van der Waals surface area contributed by atoms with Crippen LogP contribution in [0.25, 0.3) is 4.85 Å². The van der Waals surface area contributed by atoms with Gasteiger partial charge in [0.05, 0.1) is 25.2 Å². The first-order valence-corrected chi connectivity index (χ1v) is 8.62. The van der Waals surface area contributed by atoms with E-state index < -0.39 is 36.4 Å². The van der Waals surface area contributed by atoms with Crippen LogP contribution in [0.4, 0.5) is 24.5 Å². The smallest absolute Gasteiger partial charge is 0.401 e. The molecule has 0 aromatic heterocycles. The fourth-order valence-corrected chi connectivity index (χ4v) is 3.79. The second-order valence-electron chi connectivity index (χ2n) is 6.83. The first-order chi connectivity index (χ1) is 12.6. The molecule has 1 aromatic carbocycles. The molecule has 27 heavy (non-hydrogen) atoms. The third-order valence-electron chi connectivity index (χ3n) is 4.84. The Hall–Kier alpha value is -2.24. The minimum Gasteiger partial charge on any atom is -0.622 e. The lowest BCUT2D eigenvalue weighted by Crippen LogP contribution is -2.62. The molecule has 2 heterocycles. The van der Waals surface area contributed by atoms with Crippen molar-refractivity contribution in [3.63, 3.8) is 0 Å². The van der Waals surface area contributed by atoms with Gasteiger partial charge in [0.2, 0.25) is 6.17 Å². The monoisotopic (exact) mass is 399 g/mol. The second kappa shape index (κ2) is 6.73. The van der Waals surface area contributed by atoms with Crippen LogP contribution in [0.15, 0.2) is 29.3 Å². The van der Waals surface area contributed by atoms with Gasteiger partial charge in [0.1, 0.15) is 10.4 Å². The molecule has 0 aliphatic carbocycles. The van der Waals surface area contributed by atoms with Crippen molar-refractivity contribution in [1.29, 1.82) is 0 Å². The van der Waals surface area contributed by atoms with Gasteiger partial charge in [-0.3, -0.25) is 0 Å². The van der Waals surface area contributed by atoms with Crippen LogP contribution in [0.1, 0.15) is 19.4 Å². The molecule has 0 radical (unpaired) electrons. The third-order valence-corrected chi connectivity index (χ3v) is 5.06. The van der Waals surface area contributed by atoms with Crippen molar-refractivity contribution in [3.8, 4) is 0 Å². The Morgan fingerprint density at radius 1 is 1.44 bits per heavy atom. The fourth-order valence-electron chi connectivity index (χ4n) is 3.56. The Labute approximate surface area is 159 Å². The number of ether oxygens (including phenoxy) is 1. The molecule has 2 aliphatic heterocycles. The number of nitrogens with one attached hydrogen (secondary N) is 1. The minimum atomic E-state index is -4.76. The topological polar surface area (TPSA) is 51.7 Å². The maximum atomic E-state index is 14.6. The van der Waals surface area contributed by atoms with Crippen LogP contribution in [0, 0.1) is 17.7 Å². The standard InChI is InChI=1S/C18H17ClF3N3O2/c1-10(2)27-9-17(18(20,21)22)13-7-12(23-3)4-5-15(13)24-16-14(17)6-11(19)8-25(16)26/h4-8,10,14,16,24H,9H2,1-2H3. The SMILES string of the molecule is [C-]#[N+]c1ccc2c(c1)C(COC(C)C)(C(F)(F)F)C1C=C(Cl)C=[N+]([O-])C1N2. The predicted octanol–water partition coefficient (Wildman–Crippen LogP) is 4.55. The van der Waals surface area contributed by atoms with Crippen molar-refractivity contribution in [2.24, 2.45) is 5.92 Å². The van der Waals surface area contributed by atoms with Crippen molar-refractivity contribution < 1.29 is 22.6 Å². The highest BCUT2D eigenvalue weighted by molar-refractivity contribution is 6.38. The maximum absolute atomic E-state index is 14.6. The van der Waals surface area contributed by atoms with Crippen LogP contribution < -0.4 is 5.32 Å². The molecule has 0 saturated heterocycles. The average molecular weight is 400 g/mol. The summed E-state index contributed by atoms with van der Waals surface area (Å²) in [5, 5.41) is 15.1. The summed E-state index contributed by atoms with van der Waals surface area (Å²) in [6, 6.07) is 4.01. The number of hydrogen-bond donors (Lipinski definition) is 1. The Balaban J connectivity index is 2.31. The third kappa shape index (κ3) is 3.15. The number of allylic oxidation sites excluding steroid dienone is 1. The molecule has 0 fully saturated rings. The Morgan fingerprint density at radius 2 is 2.15 bits per heavy atom. The van der Waals surface area contributed by atoms with Gasteiger partial charge in [-0.2, -0.15) is 17.9 Å². The number of nitrogens with zero attached hydrogens (tertiary/aromatic N) is 2. The molecule has 0 spiro atoms. The molecule has 2 aliphatic rings. The number of alkyl halides is 3. The summed E-state index contributed by atoms with van der Waals surface area (Å²) in [4.78, 5) is 3.25. The van der Waals surface area contributed by atoms with E-state index in [2.05, 4.69) is 10.2 Å². The van der Waals surface area contributed by atoms with E-state index in [0.717, 1.165) is 6.21 Å². The van der Waals surface area contributed by atoms with E-state index in [1.165, 1.54) is 24.3 Å². The van der Waals surface area contributed by atoms with E-state index in [-0.39, 0.29) is 22.0 Å². The predicted molar refractivity (Wildman–Crippen MR) is 96.1 cm³/mol. The van der Waals surface area contributed by atoms with Crippen LogP contribution in [-0.4, -0.2) is 36.0 Å². The summed E-state index contributed by atoms with van der Waals surface area (Å²) < 4.78 is 49.6. The number of fused-ring (bicyclic) bond motifs is 2. The molecule has 1 aromatic rings. The van der Waals surface area contributed by atoms with Gasteiger partial charge >= 0.3 is 6.18 Å². The highest BCUT2D eigenvalue weighted by Crippen LogP contribution is 2.55. The molecule has 1 N–H and O–H groups in total. The summed E-state index contributed by atoms with van der Waals surface area (Å²) in [6.07, 6.45) is -4.13. The number of benzene rings is 1. The molecule has 3 rings (SSSR count). The minimum absolute atomic E-state index is 0.0728. The molecule has 3 atom stereocenters. The molecule has 9 heteroatoms. The van der Waals surface area contributed by atoms with Crippen molar-refractivity contribution in [2.75, 3.05) is 11.9 Å². The lowest BCUT2D eigenvalue weighted by atomic mass is 9.65. The number of rotatable bonds is 3. The van der Waals surface area contributed by atoms with Gasteiger partial charge in [-0.25, -0.2) is 4.85 Å². The maximum Gasteiger partial charge on any atom is 0.401 e. The molecule has 0 amide bonds. The molecular formula is C18H17ClF3N3O2. The van der Waals surface area contributed by atoms with Crippen molar-refractivity contribution in [2.45, 2.75) is 37.7 Å². The zero-order valence-electron chi connectivity index (χ0n) is 14.5. The van der Waals surface area contributed by atoms with Crippen molar-refractivity contribution >= 4 is 29.2 Å². The van der Waals surface area contributed by atoms with E-state index >= 15 is 0 Å². The van der Waals surface area contributed by atoms with Gasteiger partial charge in [-0.1, -0.05) is 23.7 Å². The normalized spacial score (nSPS) is 27.0. The van der Waals surface area contributed by atoms with Crippen LogP contribution in [0.3, 0.4) is 0 Å². The molecule has 144 valence electrons. The Kier molecular flexibility index (Phi) is 4.87. The summed E-state index contributed by atoms with van der Waals surface area (Å²) in [5.41, 5.74) is -2.43. The summed E-state index contributed by atoms with van der Waals surface area (Å²) in [7, 11) is 0. The van der Waals surface area contributed by atoms with Crippen LogP contribution >= 0.6 is 11.6 Å². The number of halogens is 4. The number of anilines is 1. The van der Waals surface area contributed by atoms with Crippen LogP contribution in [-0.2, 0) is 10.2 Å².